The van der Waals surface area contributed by atoms with Gasteiger partial charge in [-0.05, 0) is 67.3 Å². The van der Waals surface area contributed by atoms with Crippen LogP contribution in [0.1, 0.15) is 28.6 Å². The first-order chi connectivity index (χ1) is 13.5. The first-order valence-electron chi connectivity index (χ1n) is 9.23. The summed E-state index contributed by atoms with van der Waals surface area (Å²) >= 11 is 1.66. The zero-order chi connectivity index (χ0) is 20.1. The molecule has 2 aromatic carbocycles. The molecule has 0 saturated heterocycles. The lowest BCUT2D eigenvalue weighted by atomic mass is 10.1. The minimum Gasteiger partial charge on any atom is -0.466 e. The van der Waals surface area contributed by atoms with Gasteiger partial charge in [0.05, 0.1) is 13.0 Å². The number of fused-ring (bicyclic) bond motifs is 1. The summed E-state index contributed by atoms with van der Waals surface area (Å²) in [6.07, 6.45) is 1.05. The topological polar surface area (TPSA) is 58.6 Å². The quantitative estimate of drug-likeness (QED) is 0.587. The number of ether oxygens (including phenoxy) is 1. The average molecular weight is 397 g/mol. The zero-order valence-electron chi connectivity index (χ0n) is 16.3. The smallest absolute Gasteiger partial charge is 0.306 e. The van der Waals surface area contributed by atoms with Gasteiger partial charge in [0.25, 0.3) is 5.91 Å². The second kappa shape index (κ2) is 8.89. The molecule has 1 heterocycles. The Bertz CT molecular complexity index is 977. The number of rotatable bonds is 7. The number of carbonyl (C=O) groups excluding carboxylic acids is 2. The number of hydrogen-bond acceptors (Lipinski definition) is 5. The van der Waals surface area contributed by atoms with E-state index in [2.05, 4.69) is 11.4 Å². The highest BCUT2D eigenvalue weighted by molar-refractivity contribution is 7.19. The Balaban J connectivity index is 1.68. The van der Waals surface area contributed by atoms with Gasteiger partial charge in [-0.25, -0.2) is 0 Å². The lowest BCUT2D eigenvalue weighted by Crippen LogP contribution is -2.13. The summed E-state index contributed by atoms with van der Waals surface area (Å²) in [5, 5.41) is 4.01. The second-order valence-electron chi connectivity index (χ2n) is 6.67. The first-order valence-corrected chi connectivity index (χ1v) is 10.0. The van der Waals surface area contributed by atoms with Crippen LogP contribution in [-0.2, 0) is 16.0 Å². The molecule has 6 heteroatoms. The van der Waals surface area contributed by atoms with Crippen molar-refractivity contribution >= 4 is 44.7 Å². The summed E-state index contributed by atoms with van der Waals surface area (Å²) in [6, 6.07) is 15.4. The van der Waals surface area contributed by atoms with Crippen LogP contribution in [0.5, 0.6) is 0 Å². The normalized spacial score (nSPS) is 10.7. The maximum absolute atomic E-state index is 12.5. The van der Waals surface area contributed by atoms with E-state index >= 15 is 0 Å². The number of esters is 1. The highest BCUT2D eigenvalue weighted by Gasteiger charge is 2.10. The molecule has 1 amide bonds. The number of carbonyl (C=O) groups is 2. The molecule has 0 spiro atoms. The van der Waals surface area contributed by atoms with E-state index in [9.17, 15) is 9.59 Å². The maximum Gasteiger partial charge on any atom is 0.306 e. The summed E-state index contributed by atoms with van der Waals surface area (Å²) in [5.41, 5.74) is 2.42. The van der Waals surface area contributed by atoms with Crippen molar-refractivity contribution in [3.8, 4) is 0 Å². The molecule has 1 aromatic heterocycles. The molecule has 0 unspecified atom stereocenters. The lowest BCUT2D eigenvalue weighted by Gasteiger charge is -2.12. The van der Waals surface area contributed by atoms with Crippen LogP contribution in [0.2, 0.25) is 0 Å². The lowest BCUT2D eigenvalue weighted by molar-refractivity contribution is -0.143. The van der Waals surface area contributed by atoms with Gasteiger partial charge in [0.15, 0.2) is 0 Å². The minimum atomic E-state index is -0.173. The van der Waals surface area contributed by atoms with Crippen LogP contribution in [0, 0.1) is 0 Å². The summed E-state index contributed by atoms with van der Waals surface area (Å²) in [7, 11) is 3.93. The molecule has 0 aliphatic carbocycles. The molecular weight excluding hydrogens is 372 g/mol. The van der Waals surface area contributed by atoms with Crippen molar-refractivity contribution in [1.29, 1.82) is 0 Å². The van der Waals surface area contributed by atoms with Crippen LogP contribution < -0.4 is 10.2 Å². The monoisotopic (exact) mass is 396 g/mol. The molecule has 0 atom stereocenters. The molecule has 0 bridgehead atoms. The largest absolute Gasteiger partial charge is 0.466 e. The van der Waals surface area contributed by atoms with Crippen LogP contribution in [-0.4, -0.2) is 32.6 Å². The van der Waals surface area contributed by atoms with Crippen molar-refractivity contribution in [3.05, 3.63) is 59.0 Å². The summed E-state index contributed by atoms with van der Waals surface area (Å²) in [6.45, 7) is 2.22. The van der Waals surface area contributed by atoms with Crippen LogP contribution in [0.4, 0.5) is 11.4 Å². The highest BCUT2D eigenvalue weighted by atomic mass is 32.1. The third-order valence-electron chi connectivity index (χ3n) is 4.35. The number of hydrogen-bond donors (Lipinski definition) is 1. The van der Waals surface area contributed by atoms with E-state index < -0.39 is 0 Å². The van der Waals surface area contributed by atoms with Crippen LogP contribution >= 0.6 is 11.3 Å². The van der Waals surface area contributed by atoms with Crippen molar-refractivity contribution < 1.29 is 14.3 Å². The number of nitrogens with zero attached hydrogens (tertiary/aromatic N) is 1. The van der Waals surface area contributed by atoms with Crippen molar-refractivity contribution in [3.63, 3.8) is 0 Å². The van der Waals surface area contributed by atoms with Gasteiger partial charge in [-0.2, -0.15) is 0 Å². The highest BCUT2D eigenvalue weighted by Crippen LogP contribution is 2.29. The van der Waals surface area contributed by atoms with E-state index in [0.29, 0.717) is 25.0 Å². The number of nitrogens with one attached hydrogen (secondary N) is 1. The molecule has 0 fully saturated rings. The Morgan fingerprint density at radius 1 is 1.07 bits per heavy atom. The van der Waals surface area contributed by atoms with Crippen molar-refractivity contribution in [2.45, 2.75) is 19.8 Å². The predicted octanol–water partition coefficient (Wildman–Crippen LogP) is 4.72. The summed E-state index contributed by atoms with van der Waals surface area (Å²) < 4.78 is 6.11. The molecule has 0 aliphatic heterocycles. The summed E-state index contributed by atoms with van der Waals surface area (Å²) in [4.78, 5) is 27.2. The Kier molecular flexibility index (Phi) is 6.31. The fourth-order valence-corrected chi connectivity index (χ4v) is 3.92. The zero-order valence-corrected chi connectivity index (χ0v) is 17.1. The average Bonchev–Trinajstić information content (AvgIpc) is 3.09. The van der Waals surface area contributed by atoms with E-state index in [4.69, 9.17) is 4.74 Å². The molecular formula is C22H24N2O3S. The van der Waals surface area contributed by atoms with Crippen LogP contribution in [0.3, 0.4) is 0 Å². The fourth-order valence-electron chi connectivity index (χ4n) is 2.87. The van der Waals surface area contributed by atoms with Crippen LogP contribution in [0.15, 0.2) is 48.5 Å². The number of thiophene rings is 1. The Labute approximate surface area is 168 Å². The number of amides is 1. The van der Waals surface area contributed by atoms with Crippen molar-refractivity contribution in [2.75, 3.05) is 30.9 Å². The number of anilines is 2. The standard InChI is InChI=1S/C22H24N2O3S/c1-4-27-21(25)12-10-19-14-16-13-17(7-11-20(16)28-19)23-22(26)15-5-8-18(9-6-15)24(2)3/h5-9,11,13-14H,4,10,12H2,1-3H3,(H,23,26). The second-order valence-corrected chi connectivity index (χ2v) is 7.83. The van der Waals surface area contributed by atoms with E-state index in [0.717, 1.165) is 26.3 Å². The van der Waals surface area contributed by atoms with Gasteiger partial charge in [0.1, 0.15) is 0 Å². The molecule has 3 aromatic rings. The van der Waals surface area contributed by atoms with Gasteiger partial charge < -0.3 is 15.0 Å². The SMILES string of the molecule is CCOC(=O)CCc1cc2cc(NC(=O)c3ccc(N(C)C)cc3)ccc2s1. The molecule has 0 aliphatic rings. The fraction of sp³-hybridized carbons (Fsp3) is 0.273. The van der Waals surface area contributed by atoms with E-state index in [1.165, 1.54) is 0 Å². The molecule has 0 radical (unpaired) electrons. The maximum atomic E-state index is 12.5. The van der Waals surface area contributed by atoms with Gasteiger partial charge >= 0.3 is 5.97 Å². The van der Waals surface area contributed by atoms with Gasteiger partial charge in [-0.3, -0.25) is 9.59 Å². The molecule has 0 saturated carbocycles. The molecule has 5 nitrogen and oxygen atoms in total. The Morgan fingerprint density at radius 3 is 2.50 bits per heavy atom. The third kappa shape index (κ3) is 4.89. The first kappa shape index (κ1) is 19.9. The van der Waals surface area contributed by atoms with E-state index in [1.54, 1.807) is 11.3 Å². The Hall–Kier alpha value is -2.86. The minimum absolute atomic E-state index is 0.137. The molecule has 28 heavy (non-hydrogen) atoms. The van der Waals surface area contributed by atoms with Crippen molar-refractivity contribution in [1.82, 2.24) is 0 Å². The van der Waals surface area contributed by atoms with Gasteiger partial charge in [-0.1, -0.05) is 0 Å². The van der Waals surface area contributed by atoms with Crippen molar-refractivity contribution in [2.24, 2.45) is 0 Å². The molecule has 3 rings (SSSR count). The molecule has 146 valence electrons. The third-order valence-corrected chi connectivity index (χ3v) is 5.53. The van der Waals surface area contributed by atoms with E-state index in [-0.39, 0.29) is 11.9 Å². The molecule has 1 N–H and O–H groups in total. The summed E-state index contributed by atoms with van der Waals surface area (Å²) in [5.74, 6) is -0.310. The van der Waals surface area contributed by atoms with Gasteiger partial charge in [-0.15, -0.1) is 11.3 Å². The van der Waals surface area contributed by atoms with Gasteiger partial charge in [0.2, 0.25) is 0 Å². The predicted molar refractivity (Wildman–Crippen MR) is 116 cm³/mol. The number of benzene rings is 2. The number of aryl methyl sites for hydroxylation is 1. The van der Waals surface area contributed by atoms with Crippen LogP contribution in [0.25, 0.3) is 10.1 Å². The Morgan fingerprint density at radius 2 is 1.82 bits per heavy atom. The van der Waals surface area contributed by atoms with E-state index in [1.807, 2.05) is 68.4 Å². The van der Waals surface area contributed by atoms with Gasteiger partial charge in [0, 0.05) is 40.6 Å².